The minimum Gasteiger partial charge on any atom is -0.446 e. The zero-order valence-corrected chi connectivity index (χ0v) is 15.3. The van der Waals surface area contributed by atoms with E-state index in [1.807, 2.05) is 36.4 Å². The first-order valence-corrected chi connectivity index (χ1v) is 8.91. The summed E-state index contributed by atoms with van der Waals surface area (Å²) < 4.78 is 11.0. The Labute approximate surface area is 154 Å². The number of rotatable bonds is 7. The van der Waals surface area contributed by atoms with Crippen LogP contribution in [0.1, 0.15) is 31.7 Å². The number of benzene rings is 2. The van der Waals surface area contributed by atoms with E-state index in [-0.39, 0.29) is 12.2 Å². The van der Waals surface area contributed by atoms with Gasteiger partial charge in [0, 0.05) is 12.1 Å². The van der Waals surface area contributed by atoms with Crippen LogP contribution < -0.4 is 5.32 Å². The van der Waals surface area contributed by atoms with Crippen molar-refractivity contribution < 1.29 is 14.3 Å². The molecule has 1 aliphatic rings. The van der Waals surface area contributed by atoms with E-state index in [4.69, 9.17) is 9.47 Å². The van der Waals surface area contributed by atoms with Crippen LogP contribution in [0.5, 0.6) is 0 Å². The van der Waals surface area contributed by atoms with Crippen LogP contribution in [-0.2, 0) is 9.47 Å². The first kappa shape index (κ1) is 18.2. The minimum absolute atomic E-state index is 0.260. The SMILES string of the molecule is C/C(=C\C(C)c1ccccc1)C[C@@]1(COC(=O)Nc2ccccc2)CO1. The van der Waals surface area contributed by atoms with Gasteiger partial charge in [-0.15, -0.1) is 0 Å². The molecule has 0 spiro atoms. The molecule has 1 unspecified atom stereocenters. The number of hydrogen-bond donors (Lipinski definition) is 1. The molecule has 1 amide bonds. The topological polar surface area (TPSA) is 50.9 Å². The first-order valence-electron chi connectivity index (χ1n) is 8.91. The Balaban J connectivity index is 1.49. The second-order valence-corrected chi connectivity index (χ2v) is 6.93. The third-order valence-electron chi connectivity index (χ3n) is 4.50. The summed E-state index contributed by atoms with van der Waals surface area (Å²) in [6.07, 6.45) is 2.57. The summed E-state index contributed by atoms with van der Waals surface area (Å²) in [5, 5.41) is 2.72. The van der Waals surface area contributed by atoms with Crippen LogP contribution in [0, 0.1) is 0 Å². The predicted octanol–water partition coefficient (Wildman–Crippen LogP) is 5.14. The summed E-state index contributed by atoms with van der Waals surface area (Å²) in [5.74, 6) is 0.342. The second kappa shape index (κ2) is 8.19. The standard InChI is InChI=1S/C22H25NO3/c1-17(13-18(2)19-9-5-3-6-10-19)14-22(16-26-22)15-25-21(24)23-20-11-7-4-8-12-20/h3-13,18H,14-16H2,1-2H3,(H,23,24)/b17-13+/t18?,22-/m1/s1. The van der Waals surface area contributed by atoms with Gasteiger partial charge in [0.2, 0.25) is 0 Å². The van der Waals surface area contributed by atoms with E-state index in [9.17, 15) is 4.79 Å². The van der Waals surface area contributed by atoms with E-state index >= 15 is 0 Å². The molecular weight excluding hydrogens is 326 g/mol. The Bertz CT molecular complexity index is 751. The van der Waals surface area contributed by atoms with Crippen molar-refractivity contribution in [1.29, 1.82) is 0 Å². The highest BCUT2D eigenvalue weighted by Gasteiger charge is 2.46. The number of carbonyl (C=O) groups excluding carboxylic acids is 1. The average Bonchev–Trinajstić information content (AvgIpc) is 3.41. The van der Waals surface area contributed by atoms with Gasteiger partial charge in [0.25, 0.3) is 0 Å². The van der Waals surface area contributed by atoms with Gasteiger partial charge in [0.05, 0.1) is 6.61 Å². The number of epoxide rings is 1. The molecule has 3 rings (SSSR count). The largest absolute Gasteiger partial charge is 0.446 e. The van der Waals surface area contributed by atoms with Crippen LogP contribution in [0.4, 0.5) is 10.5 Å². The average molecular weight is 351 g/mol. The van der Waals surface area contributed by atoms with Crippen molar-refractivity contribution in [3.8, 4) is 0 Å². The van der Waals surface area contributed by atoms with Gasteiger partial charge in [-0.25, -0.2) is 4.79 Å². The smallest absolute Gasteiger partial charge is 0.411 e. The fourth-order valence-electron chi connectivity index (χ4n) is 3.06. The molecular formula is C22H25NO3. The maximum atomic E-state index is 11.9. The molecule has 1 saturated heterocycles. The summed E-state index contributed by atoms with van der Waals surface area (Å²) in [5.41, 5.74) is 2.88. The van der Waals surface area contributed by atoms with Gasteiger partial charge < -0.3 is 9.47 Å². The lowest BCUT2D eigenvalue weighted by molar-refractivity contribution is 0.121. The molecule has 2 atom stereocenters. The summed E-state index contributed by atoms with van der Waals surface area (Å²) in [6.45, 7) is 5.17. The zero-order chi connectivity index (χ0) is 18.4. The number of nitrogens with one attached hydrogen (secondary N) is 1. The molecule has 0 aromatic heterocycles. The number of amides is 1. The lowest BCUT2D eigenvalue weighted by Crippen LogP contribution is -2.25. The van der Waals surface area contributed by atoms with Crippen molar-refractivity contribution in [3.05, 3.63) is 77.9 Å². The third-order valence-corrected chi connectivity index (χ3v) is 4.50. The number of hydrogen-bond acceptors (Lipinski definition) is 3. The Morgan fingerprint density at radius 3 is 2.42 bits per heavy atom. The van der Waals surface area contributed by atoms with Crippen molar-refractivity contribution >= 4 is 11.8 Å². The molecule has 26 heavy (non-hydrogen) atoms. The second-order valence-electron chi connectivity index (χ2n) is 6.93. The van der Waals surface area contributed by atoms with E-state index in [1.54, 1.807) is 0 Å². The first-order chi connectivity index (χ1) is 12.6. The van der Waals surface area contributed by atoms with Gasteiger partial charge in [0.1, 0.15) is 12.2 Å². The van der Waals surface area contributed by atoms with Gasteiger partial charge in [0.15, 0.2) is 0 Å². The molecule has 0 radical (unpaired) electrons. The molecule has 2 aromatic carbocycles. The molecule has 0 bridgehead atoms. The molecule has 0 saturated carbocycles. The summed E-state index contributed by atoms with van der Waals surface area (Å²) >= 11 is 0. The quantitative estimate of drug-likeness (QED) is 0.555. The molecule has 136 valence electrons. The number of ether oxygens (including phenoxy) is 2. The van der Waals surface area contributed by atoms with Gasteiger partial charge in [-0.3, -0.25) is 5.32 Å². The van der Waals surface area contributed by atoms with Crippen LogP contribution in [0.2, 0.25) is 0 Å². The highest BCUT2D eigenvalue weighted by atomic mass is 16.6. The predicted molar refractivity (Wildman–Crippen MR) is 103 cm³/mol. The normalized spacial score (nSPS) is 20.3. The van der Waals surface area contributed by atoms with E-state index in [2.05, 4.69) is 49.5 Å². The molecule has 2 aromatic rings. The lowest BCUT2D eigenvalue weighted by Gasteiger charge is -2.15. The van der Waals surface area contributed by atoms with Gasteiger partial charge in [-0.1, -0.05) is 67.1 Å². The van der Waals surface area contributed by atoms with Gasteiger partial charge >= 0.3 is 6.09 Å². The summed E-state index contributed by atoms with van der Waals surface area (Å²) in [4.78, 5) is 11.9. The van der Waals surface area contributed by atoms with Gasteiger partial charge in [-0.05, 0) is 30.5 Å². The van der Waals surface area contributed by atoms with Crippen molar-refractivity contribution in [2.75, 3.05) is 18.5 Å². The van der Waals surface area contributed by atoms with E-state index in [0.717, 1.165) is 12.1 Å². The number of allylic oxidation sites excluding steroid dienone is 1. The molecule has 0 aliphatic carbocycles. The minimum atomic E-state index is -0.453. The summed E-state index contributed by atoms with van der Waals surface area (Å²) in [7, 11) is 0. The van der Waals surface area contributed by atoms with Crippen molar-refractivity contribution in [2.45, 2.75) is 31.8 Å². The monoisotopic (exact) mass is 351 g/mol. The number of anilines is 1. The molecule has 1 aliphatic heterocycles. The van der Waals surface area contributed by atoms with E-state index < -0.39 is 6.09 Å². The van der Waals surface area contributed by atoms with Crippen LogP contribution in [0.3, 0.4) is 0 Å². The maximum absolute atomic E-state index is 11.9. The van der Waals surface area contributed by atoms with Gasteiger partial charge in [-0.2, -0.15) is 0 Å². The Morgan fingerprint density at radius 2 is 1.81 bits per heavy atom. The van der Waals surface area contributed by atoms with E-state index in [1.165, 1.54) is 11.1 Å². The fraction of sp³-hybridized carbons (Fsp3) is 0.318. The Morgan fingerprint density at radius 1 is 1.19 bits per heavy atom. The highest BCUT2D eigenvalue weighted by molar-refractivity contribution is 5.84. The molecule has 1 fully saturated rings. The fourth-order valence-corrected chi connectivity index (χ4v) is 3.06. The molecule has 4 heteroatoms. The van der Waals surface area contributed by atoms with Crippen molar-refractivity contribution in [1.82, 2.24) is 0 Å². The van der Waals surface area contributed by atoms with E-state index in [0.29, 0.717) is 12.5 Å². The van der Waals surface area contributed by atoms with Crippen LogP contribution in [-0.4, -0.2) is 24.9 Å². The maximum Gasteiger partial charge on any atom is 0.411 e. The van der Waals surface area contributed by atoms with Crippen molar-refractivity contribution in [2.24, 2.45) is 0 Å². The number of para-hydroxylation sites is 1. The zero-order valence-electron chi connectivity index (χ0n) is 15.3. The Hall–Kier alpha value is -2.59. The third kappa shape index (κ3) is 5.20. The molecule has 4 nitrogen and oxygen atoms in total. The Kier molecular flexibility index (Phi) is 5.74. The van der Waals surface area contributed by atoms with Crippen LogP contribution >= 0.6 is 0 Å². The van der Waals surface area contributed by atoms with Crippen LogP contribution in [0.15, 0.2) is 72.3 Å². The summed E-state index contributed by atoms with van der Waals surface area (Å²) in [6, 6.07) is 19.7. The lowest BCUT2D eigenvalue weighted by atomic mass is 9.95. The highest BCUT2D eigenvalue weighted by Crippen LogP contribution is 2.35. The molecule has 1 heterocycles. The van der Waals surface area contributed by atoms with Crippen LogP contribution in [0.25, 0.3) is 0 Å². The number of carbonyl (C=O) groups is 1. The molecule has 1 N–H and O–H groups in total. The van der Waals surface area contributed by atoms with Crippen molar-refractivity contribution in [3.63, 3.8) is 0 Å².